The number of thioether (sulfide) groups is 1. The van der Waals surface area contributed by atoms with E-state index in [0.29, 0.717) is 19.4 Å². The second kappa shape index (κ2) is 13.1. The molecule has 0 spiro atoms. The monoisotopic (exact) mass is 614 g/mol. The minimum atomic E-state index is -4.83. The molecule has 42 heavy (non-hydrogen) atoms. The average Bonchev–Trinajstić information content (AvgIpc) is 2.88. The molecule has 234 valence electrons. The number of likely N-dealkylation sites (tertiary alicyclic amines) is 1. The van der Waals surface area contributed by atoms with Crippen LogP contribution in [0.4, 0.5) is 23.7 Å². The van der Waals surface area contributed by atoms with Crippen LogP contribution in [-0.2, 0) is 20.5 Å². The fourth-order valence-electron chi connectivity index (χ4n) is 5.16. The van der Waals surface area contributed by atoms with Gasteiger partial charge in [0.25, 0.3) is 5.91 Å². The molecule has 1 aromatic carbocycles. The van der Waals surface area contributed by atoms with Crippen LogP contribution in [0.15, 0.2) is 17.0 Å². The summed E-state index contributed by atoms with van der Waals surface area (Å²) in [5.74, 6) is -1.37. The molecule has 1 fully saturated rings. The molecule has 4 amide bonds. The van der Waals surface area contributed by atoms with Crippen LogP contribution in [-0.4, -0.2) is 82.7 Å². The lowest BCUT2D eigenvalue weighted by atomic mass is 9.98. The molecule has 13 heteroatoms. The largest absolute Gasteiger partial charge is 0.444 e. The number of hydrogen-bond donors (Lipinski definition) is 1. The first-order valence-electron chi connectivity index (χ1n) is 14.2. The molecule has 2 aliphatic heterocycles. The summed E-state index contributed by atoms with van der Waals surface area (Å²) in [6, 6.07) is 1.09. The number of benzene rings is 1. The van der Waals surface area contributed by atoms with Crippen molar-refractivity contribution in [3.8, 4) is 0 Å². The van der Waals surface area contributed by atoms with Gasteiger partial charge in [0, 0.05) is 43.5 Å². The van der Waals surface area contributed by atoms with Crippen molar-refractivity contribution in [3.63, 3.8) is 0 Å². The van der Waals surface area contributed by atoms with Crippen molar-refractivity contribution in [1.82, 2.24) is 15.1 Å². The van der Waals surface area contributed by atoms with Crippen LogP contribution in [0.5, 0.6) is 0 Å². The fourth-order valence-corrected chi connectivity index (χ4v) is 6.25. The number of piperidine rings is 1. The van der Waals surface area contributed by atoms with Crippen LogP contribution in [0.2, 0.25) is 0 Å². The van der Waals surface area contributed by atoms with E-state index in [4.69, 9.17) is 4.74 Å². The Bertz CT molecular complexity index is 1200. The number of amides is 4. The van der Waals surface area contributed by atoms with Crippen LogP contribution in [0.3, 0.4) is 0 Å². The van der Waals surface area contributed by atoms with E-state index in [1.165, 1.54) is 14.7 Å². The molecule has 0 radical (unpaired) electrons. The molecule has 1 N–H and O–H groups in total. The smallest absolute Gasteiger partial charge is 0.417 e. The highest BCUT2D eigenvalue weighted by atomic mass is 32.2. The predicted octanol–water partition coefficient (Wildman–Crippen LogP) is 5.31. The summed E-state index contributed by atoms with van der Waals surface area (Å²) in [5, 5.41) is 2.04. The summed E-state index contributed by atoms with van der Waals surface area (Å²) >= 11 is 1.01. The van der Waals surface area contributed by atoms with E-state index >= 15 is 0 Å². The number of rotatable bonds is 7. The number of carbonyl (C=O) groups is 4. The first-order chi connectivity index (χ1) is 19.4. The standard InChI is InChI=1S/C29H41F3N4O5S/c1-8-24(37)33-11-13-35-22-14-20(21(29(30,31)32)15-23(22)42-18(4)25(35)38)26(39)36(17(2)3)19-10-9-12-34(16-19)27(40)41-28(5,6)7/h14-15,17-19H,8-13,16H2,1-7H3,(H,33,37)/t18?,19-/m1/s1. The fraction of sp³-hybridized carbons (Fsp3) is 0.655. The highest BCUT2D eigenvalue weighted by Gasteiger charge is 2.42. The Kier molecular flexibility index (Phi) is 10.5. The van der Waals surface area contributed by atoms with Gasteiger partial charge >= 0.3 is 12.3 Å². The molecular formula is C29H41F3N4O5S. The second-order valence-corrected chi connectivity index (χ2v) is 13.2. The van der Waals surface area contributed by atoms with Gasteiger partial charge < -0.3 is 24.8 Å². The summed E-state index contributed by atoms with van der Waals surface area (Å²) in [6.45, 7) is 12.7. The normalized spacial score (nSPS) is 19.5. The molecule has 0 saturated carbocycles. The third-order valence-corrected chi connectivity index (χ3v) is 8.19. The van der Waals surface area contributed by atoms with Gasteiger partial charge in [0.15, 0.2) is 0 Å². The number of anilines is 1. The summed E-state index contributed by atoms with van der Waals surface area (Å²) in [6.07, 6.45) is -4.06. The van der Waals surface area contributed by atoms with Gasteiger partial charge in [0.1, 0.15) is 5.60 Å². The third-order valence-electron chi connectivity index (χ3n) is 7.05. The number of alkyl halides is 3. The molecule has 1 aromatic rings. The molecule has 9 nitrogen and oxygen atoms in total. The van der Waals surface area contributed by atoms with E-state index < -0.39 is 52.2 Å². The van der Waals surface area contributed by atoms with E-state index in [2.05, 4.69) is 5.32 Å². The van der Waals surface area contributed by atoms with Gasteiger partial charge in [0.2, 0.25) is 11.8 Å². The maximum absolute atomic E-state index is 14.4. The summed E-state index contributed by atoms with van der Waals surface area (Å²) < 4.78 is 48.8. The van der Waals surface area contributed by atoms with E-state index in [-0.39, 0.29) is 48.5 Å². The van der Waals surface area contributed by atoms with Crippen molar-refractivity contribution >= 4 is 41.3 Å². The van der Waals surface area contributed by atoms with Gasteiger partial charge in [0.05, 0.1) is 28.1 Å². The predicted molar refractivity (Wildman–Crippen MR) is 155 cm³/mol. The van der Waals surface area contributed by atoms with Gasteiger partial charge in [-0.3, -0.25) is 14.4 Å². The number of nitrogens with zero attached hydrogens (tertiary/aromatic N) is 3. The van der Waals surface area contributed by atoms with E-state index in [9.17, 15) is 32.3 Å². The van der Waals surface area contributed by atoms with Crippen LogP contribution >= 0.6 is 11.8 Å². The SMILES string of the molecule is CCC(=O)NCCN1C(=O)C(C)Sc2cc(C(F)(F)F)c(C(=O)N(C(C)C)[C@@H]3CCCN(C(=O)OC(C)(C)C)C3)cc21. The molecular weight excluding hydrogens is 573 g/mol. The first kappa shape index (κ1) is 33.5. The molecule has 0 aromatic heterocycles. The Balaban J connectivity index is 2.02. The highest BCUT2D eigenvalue weighted by Crippen LogP contribution is 2.45. The summed E-state index contributed by atoms with van der Waals surface area (Å²) in [4.78, 5) is 56.1. The number of halogens is 3. The topological polar surface area (TPSA) is 99.3 Å². The van der Waals surface area contributed by atoms with Crippen LogP contribution in [0.1, 0.15) is 83.7 Å². The van der Waals surface area contributed by atoms with Crippen molar-refractivity contribution in [3.05, 3.63) is 23.3 Å². The van der Waals surface area contributed by atoms with Gasteiger partial charge in [-0.05, 0) is 66.5 Å². The first-order valence-corrected chi connectivity index (χ1v) is 15.1. The molecule has 1 saturated heterocycles. The minimum absolute atomic E-state index is 0.0445. The minimum Gasteiger partial charge on any atom is -0.444 e. The number of hydrogen-bond acceptors (Lipinski definition) is 6. The zero-order valence-corrected chi connectivity index (χ0v) is 26.1. The Labute approximate surface area is 249 Å². The Morgan fingerprint density at radius 2 is 1.86 bits per heavy atom. The van der Waals surface area contributed by atoms with Crippen molar-refractivity contribution < 1.29 is 37.1 Å². The number of carbonyl (C=O) groups excluding carboxylic acids is 4. The van der Waals surface area contributed by atoms with E-state index in [1.807, 2.05) is 0 Å². The van der Waals surface area contributed by atoms with Crippen molar-refractivity contribution in [2.45, 2.75) is 102 Å². The average molecular weight is 615 g/mol. The quantitative estimate of drug-likeness (QED) is 0.447. The molecule has 2 aliphatic rings. The number of nitrogens with one attached hydrogen (secondary N) is 1. The van der Waals surface area contributed by atoms with Gasteiger partial charge in [-0.25, -0.2) is 4.79 Å². The Morgan fingerprint density at radius 3 is 2.43 bits per heavy atom. The van der Waals surface area contributed by atoms with Crippen molar-refractivity contribution in [1.29, 1.82) is 0 Å². The second-order valence-electron chi connectivity index (χ2n) is 11.8. The van der Waals surface area contributed by atoms with Gasteiger partial charge in [-0.2, -0.15) is 13.2 Å². The van der Waals surface area contributed by atoms with E-state index in [1.54, 1.807) is 48.5 Å². The molecule has 0 bridgehead atoms. The molecule has 2 heterocycles. The molecule has 3 rings (SSSR count). The highest BCUT2D eigenvalue weighted by molar-refractivity contribution is 8.01. The van der Waals surface area contributed by atoms with E-state index in [0.717, 1.165) is 23.9 Å². The lowest BCUT2D eigenvalue weighted by molar-refractivity contribution is -0.138. The van der Waals surface area contributed by atoms with Crippen LogP contribution < -0.4 is 10.2 Å². The molecule has 2 atom stereocenters. The lowest BCUT2D eigenvalue weighted by Gasteiger charge is -2.42. The Morgan fingerprint density at radius 1 is 1.19 bits per heavy atom. The van der Waals surface area contributed by atoms with Gasteiger partial charge in [-0.1, -0.05) is 6.92 Å². The van der Waals surface area contributed by atoms with Gasteiger partial charge in [-0.15, -0.1) is 11.8 Å². The zero-order valence-electron chi connectivity index (χ0n) is 25.3. The van der Waals surface area contributed by atoms with Crippen molar-refractivity contribution in [2.24, 2.45) is 0 Å². The Hall–Kier alpha value is -2.96. The molecule has 0 aliphatic carbocycles. The number of fused-ring (bicyclic) bond motifs is 1. The molecule has 1 unspecified atom stereocenters. The maximum atomic E-state index is 14.4. The van der Waals surface area contributed by atoms with Crippen molar-refractivity contribution in [2.75, 3.05) is 31.1 Å². The van der Waals surface area contributed by atoms with Crippen LogP contribution in [0.25, 0.3) is 0 Å². The third kappa shape index (κ3) is 7.90. The van der Waals surface area contributed by atoms with Crippen LogP contribution in [0, 0.1) is 0 Å². The summed E-state index contributed by atoms with van der Waals surface area (Å²) in [7, 11) is 0. The number of ether oxygens (including phenoxy) is 1. The maximum Gasteiger partial charge on any atom is 0.417 e. The zero-order chi connectivity index (χ0) is 31.6. The summed E-state index contributed by atoms with van der Waals surface area (Å²) in [5.41, 5.74) is -2.16. The lowest BCUT2D eigenvalue weighted by Crippen LogP contribution is -2.54.